The zero-order valence-corrected chi connectivity index (χ0v) is 27.7. The van der Waals surface area contributed by atoms with Crippen LogP contribution in [0.3, 0.4) is 0 Å². The molecule has 42 heavy (non-hydrogen) atoms. The van der Waals surface area contributed by atoms with Gasteiger partial charge in [-0.1, -0.05) is 171 Å². The summed E-state index contributed by atoms with van der Waals surface area (Å²) in [7, 11) is 0. The molecule has 1 amide bonds. The lowest BCUT2D eigenvalue weighted by Crippen LogP contribution is -2.21. The molecule has 1 aliphatic carbocycles. The molecule has 0 aromatic heterocycles. The third kappa shape index (κ3) is 29.4. The fourth-order valence-corrected chi connectivity index (χ4v) is 3.08. The summed E-state index contributed by atoms with van der Waals surface area (Å²) >= 11 is 0. The lowest BCUT2D eigenvalue weighted by atomic mass is 10.1. The molecule has 0 bridgehead atoms. The van der Waals surface area contributed by atoms with Gasteiger partial charge in [0.25, 0.3) is 0 Å². The number of hydrogen-bond donors (Lipinski definition) is 2. The highest BCUT2D eigenvalue weighted by Crippen LogP contribution is 2.26. The van der Waals surface area contributed by atoms with Gasteiger partial charge in [-0.25, -0.2) is 0 Å². The molecule has 0 heterocycles. The van der Waals surface area contributed by atoms with Crippen molar-refractivity contribution in [2.45, 2.75) is 87.5 Å². The summed E-state index contributed by atoms with van der Waals surface area (Å²) in [6.07, 6.45) is 40.6. The van der Waals surface area contributed by atoms with Crippen LogP contribution in [-0.2, 0) is 4.79 Å². The van der Waals surface area contributed by atoms with Crippen molar-refractivity contribution in [3.8, 4) is 0 Å². The van der Waals surface area contributed by atoms with Crippen molar-refractivity contribution < 1.29 is 9.90 Å². The number of hydrogen-bond acceptors (Lipinski definition) is 2. The fraction of sp³-hybridized carbons (Fsp3) is 0.410. The van der Waals surface area contributed by atoms with Crippen LogP contribution in [0.2, 0.25) is 0 Å². The second kappa shape index (κ2) is 28.9. The summed E-state index contributed by atoms with van der Waals surface area (Å²) in [4.78, 5) is 11.7. The first kappa shape index (κ1) is 40.5. The molecule has 3 nitrogen and oxygen atoms in total. The van der Waals surface area contributed by atoms with E-state index in [0.29, 0.717) is 30.4 Å². The third-order valence-corrected chi connectivity index (χ3v) is 5.34. The summed E-state index contributed by atoms with van der Waals surface area (Å²) in [5.74, 6) is 1.85. The van der Waals surface area contributed by atoms with Crippen molar-refractivity contribution in [1.82, 2.24) is 5.32 Å². The van der Waals surface area contributed by atoms with Gasteiger partial charge in [-0.3, -0.25) is 4.79 Å². The van der Waals surface area contributed by atoms with Gasteiger partial charge >= 0.3 is 0 Å². The van der Waals surface area contributed by atoms with E-state index in [9.17, 15) is 9.90 Å². The lowest BCUT2D eigenvalue weighted by Gasteiger charge is -2.04. The molecule has 3 heteroatoms. The molecule has 0 saturated carbocycles. The maximum absolute atomic E-state index is 11.7. The molecule has 2 N–H and O–H groups in total. The minimum atomic E-state index is -0.276. The van der Waals surface area contributed by atoms with Gasteiger partial charge in [0.15, 0.2) is 0 Å². The Bertz CT molecular complexity index is 1020. The maximum Gasteiger partial charge on any atom is 0.248 e. The van der Waals surface area contributed by atoms with Crippen LogP contribution in [0.15, 0.2) is 133 Å². The average Bonchev–Trinajstić information content (AvgIpc) is 3.24. The SMILES string of the molecule is C/C=C/C=C/C=C/C(C)C.C=C1CCC(O)=C1NC(=O)/C=C/C=C/C=C/C=C/C=C/C(C)C.CCCC/C=C/C(C)C. The predicted octanol–water partition coefficient (Wildman–Crippen LogP) is 11.4. The van der Waals surface area contributed by atoms with E-state index in [1.165, 1.54) is 25.3 Å². The van der Waals surface area contributed by atoms with Gasteiger partial charge in [0, 0.05) is 12.5 Å². The van der Waals surface area contributed by atoms with Gasteiger partial charge < -0.3 is 10.4 Å². The molecule has 232 valence electrons. The zero-order valence-electron chi connectivity index (χ0n) is 27.7. The van der Waals surface area contributed by atoms with Gasteiger partial charge in [0.2, 0.25) is 5.91 Å². The van der Waals surface area contributed by atoms with Crippen LogP contribution in [0, 0.1) is 17.8 Å². The summed E-state index contributed by atoms with van der Waals surface area (Å²) in [6, 6.07) is 0. The highest BCUT2D eigenvalue weighted by Gasteiger charge is 2.18. The van der Waals surface area contributed by atoms with E-state index in [1.54, 1.807) is 12.2 Å². The standard InChI is InChI=1S/C20H25NO2.C10H16.C9H18/c1-16(2)12-10-8-6-4-5-7-9-11-13-19(23)21-20-17(3)14-15-18(20)22;1-4-5-6-7-8-9-10(2)3;1-4-5-6-7-8-9(2)3/h4-13,16,22H,3,14-15H2,1-2H3,(H,21,23);4-10H,1-3H3;7-9H,4-6H2,1-3H3/b5-4+,8-6+,9-7+,12-10+,13-11+;5-4+,7-6+,9-8+;8-7+. The van der Waals surface area contributed by atoms with Crippen molar-refractivity contribution in [2.24, 2.45) is 17.8 Å². The number of allylic oxidation sites excluding steroid dienone is 19. The highest BCUT2D eigenvalue weighted by atomic mass is 16.3. The Hall–Kier alpha value is -3.59. The Balaban J connectivity index is 0. The van der Waals surface area contributed by atoms with E-state index in [4.69, 9.17) is 0 Å². The summed E-state index contributed by atoms with van der Waals surface area (Å²) in [5.41, 5.74) is 1.23. The summed E-state index contributed by atoms with van der Waals surface area (Å²) in [6.45, 7) is 21.1. The normalized spacial score (nSPS) is 14.7. The van der Waals surface area contributed by atoms with Gasteiger partial charge in [-0.05, 0) is 43.1 Å². The van der Waals surface area contributed by atoms with E-state index in [2.05, 4.69) is 90.7 Å². The Morgan fingerprint density at radius 3 is 1.67 bits per heavy atom. The van der Waals surface area contributed by atoms with Crippen LogP contribution >= 0.6 is 0 Å². The molecule has 0 aliphatic heterocycles. The van der Waals surface area contributed by atoms with Gasteiger partial charge in [-0.2, -0.15) is 0 Å². The van der Waals surface area contributed by atoms with Crippen molar-refractivity contribution in [3.63, 3.8) is 0 Å². The van der Waals surface area contributed by atoms with Crippen LogP contribution in [0.1, 0.15) is 87.5 Å². The van der Waals surface area contributed by atoms with Gasteiger partial charge in [0.1, 0.15) is 5.76 Å². The topological polar surface area (TPSA) is 49.3 Å². The van der Waals surface area contributed by atoms with Crippen molar-refractivity contribution in [1.29, 1.82) is 0 Å². The number of aliphatic hydroxyl groups excluding tert-OH is 1. The van der Waals surface area contributed by atoms with Crippen LogP contribution in [0.25, 0.3) is 0 Å². The molecular formula is C39H59NO2. The molecule has 0 aromatic rings. The van der Waals surface area contributed by atoms with E-state index in [-0.39, 0.29) is 11.7 Å². The van der Waals surface area contributed by atoms with Crippen LogP contribution < -0.4 is 5.32 Å². The number of amides is 1. The Morgan fingerprint density at radius 1 is 0.762 bits per heavy atom. The molecule has 0 unspecified atom stereocenters. The van der Waals surface area contributed by atoms with E-state index in [0.717, 1.165) is 11.5 Å². The largest absolute Gasteiger partial charge is 0.510 e. The fourth-order valence-electron chi connectivity index (χ4n) is 3.08. The first-order valence-corrected chi connectivity index (χ1v) is 15.4. The smallest absolute Gasteiger partial charge is 0.248 e. The van der Waals surface area contributed by atoms with Crippen LogP contribution in [0.4, 0.5) is 0 Å². The predicted molar refractivity (Wildman–Crippen MR) is 188 cm³/mol. The number of rotatable bonds is 14. The van der Waals surface area contributed by atoms with Crippen molar-refractivity contribution in [3.05, 3.63) is 133 Å². The molecular weight excluding hydrogens is 514 g/mol. The number of aliphatic hydroxyl groups is 1. The first-order chi connectivity index (χ1) is 20.0. The second-order valence-electron chi connectivity index (χ2n) is 10.9. The number of nitrogens with one attached hydrogen (secondary N) is 1. The van der Waals surface area contributed by atoms with E-state index in [1.807, 2.05) is 67.7 Å². The Labute approximate surface area is 259 Å². The van der Waals surface area contributed by atoms with E-state index >= 15 is 0 Å². The minimum Gasteiger partial charge on any atom is -0.510 e. The van der Waals surface area contributed by atoms with Crippen LogP contribution in [0.5, 0.6) is 0 Å². The molecule has 0 atom stereocenters. The van der Waals surface area contributed by atoms with Gasteiger partial charge in [-0.15, -0.1) is 0 Å². The first-order valence-electron chi connectivity index (χ1n) is 15.4. The second-order valence-corrected chi connectivity index (χ2v) is 10.9. The minimum absolute atomic E-state index is 0.202. The quantitative estimate of drug-likeness (QED) is 0.0939. The molecule has 0 saturated heterocycles. The Morgan fingerprint density at radius 2 is 1.24 bits per heavy atom. The lowest BCUT2D eigenvalue weighted by molar-refractivity contribution is -0.115. The zero-order chi connectivity index (χ0) is 32.0. The molecule has 1 aliphatic rings. The monoisotopic (exact) mass is 573 g/mol. The maximum atomic E-state index is 11.7. The number of unbranched alkanes of at least 4 members (excludes halogenated alkanes) is 2. The molecule has 0 aromatic carbocycles. The average molecular weight is 574 g/mol. The molecule has 0 spiro atoms. The Kier molecular flexibility index (Phi) is 27.9. The summed E-state index contributed by atoms with van der Waals surface area (Å²) < 4.78 is 0. The van der Waals surface area contributed by atoms with Gasteiger partial charge in [0.05, 0.1) is 5.70 Å². The van der Waals surface area contributed by atoms with Crippen molar-refractivity contribution >= 4 is 5.91 Å². The molecule has 0 fully saturated rings. The number of carbonyl (C=O) groups excluding carboxylic acids is 1. The van der Waals surface area contributed by atoms with E-state index < -0.39 is 0 Å². The van der Waals surface area contributed by atoms with Crippen molar-refractivity contribution in [2.75, 3.05) is 0 Å². The molecule has 1 rings (SSSR count). The molecule has 0 radical (unpaired) electrons. The summed E-state index contributed by atoms with van der Waals surface area (Å²) in [5, 5.41) is 12.3. The third-order valence-electron chi connectivity index (χ3n) is 5.34. The number of carbonyl (C=O) groups is 1. The van der Waals surface area contributed by atoms with Crippen LogP contribution in [-0.4, -0.2) is 11.0 Å². The highest BCUT2D eigenvalue weighted by molar-refractivity contribution is 5.89.